The van der Waals surface area contributed by atoms with Gasteiger partial charge in [0.1, 0.15) is 11.5 Å². The minimum atomic E-state index is -3.99. The van der Waals surface area contributed by atoms with Gasteiger partial charge in [0.2, 0.25) is 15.9 Å². The zero-order valence-corrected chi connectivity index (χ0v) is 20.9. The number of nitrogens with zero attached hydrogens (tertiary/aromatic N) is 2. The highest BCUT2D eigenvalue weighted by molar-refractivity contribution is 7.89. The fourth-order valence-electron chi connectivity index (χ4n) is 3.98. The van der Waals surface area contributed by atoms with Crippen molar-refractivity contribution in [2.75, 3.05) is 18.4 Å². The first-order valence-electron chi connectivity index (χ1n) is 11.1. The van der Waals surface area contributed by atoms with Crippen LogP contribution in [0.4, 0.5) is 10.1 Å². The van der Waals surface area contributed by atoms with Crippen LogP contribution < -0.4 is 5.32 Å². The van der Waals surface area contributed by atoms with Crippen molar-refractivity contribution in [3.8, 4) is 0 Å². The fourth-order valence-corrected chi connectivity index (χ4v) is 5.91. The SMILES string of the molecule is Cc1ccc(/C=C/c2onc(C)c2S(=O)(=O)N2CCC[C@@H](C(=O)Nc3ccc(Cl)cc3F)C2)cc1. The summed E-state index contributed by atoms with van der Waals surface area (Å²) in [5, 5.41) is 6.62. The van der Waals surface area contributed by atoms with Crippen LogP contribution in [0.2, 0.25) is 5.02 Å². The number of aromatic nitrogens is 1. The molecular formula is C25H25ClFN3O4S. The number of hydrogen-bond acceptors (Lipinski definition) is 5. The third-order valence-electron chi connectivity index (χ3n) is 5.88. The normalized spacial score (nSPS) is 17.1. The van der Waals surface area contributed by atoms with Crippen LogP contribution >= 0.6 is 11.6 Å². The summed E-state index contributed by atoms with van der Waals surface area (Å²) >= 11 is 5.77. The van der Waals surface area contributed by atoms with Gasteiger partial charge in [-0.05, 0) is 56.5 Å². The Kier molecular flexibility index (Phi) is 7.39. The van der Waals surface area contributed by atoms with Crippen molar-refractivity contribution in [1.82, 2.24) is 9.46 Å². The summed E-state index contributed by atoms with van der Waals surface area (Å²) < 4.78 is 47.8. The van der Waals surface area contributed by atoms with Gasteiger partial charge in [-0.1, -0.05) is 52.7 Å². The molecule has 1 N–H and O–H groups in total. The average molecular weight is 518 g/mol. The Labute approximate surface area is 208 Å². The van der Waals surface area contributed by atoms with Crippen molar-refractivity contribution in [1.29, 1.82) is 0 Å². The number of hydrogen-bond donors (Lipinski definition) is 1. The number of rotatable bonds is 6. The van der Waals surface area contributed by atoms with Crippen LogP contribution in [0, 0.1) is 25.6 Å². The first-order valence-corrected chi connectivity index (χ1v) is 12.9. The maximum Gasteiger partial charge on any atom is 0.248 e. The molecular weight excluding hydrogens is 493 g/mol. The molecule has 10 heteroatoms. The Morgan fingerprint density at radius 2 is 1.94 bits per heavy atom. The lowest BCUT2D eigenvalue weighted by atomic mass is 9.98. The van der Waals surface area contributed by atoms with Crippen LogP contribution in [0.3, 0.4) is 0 Å². The van der Waals surface area contributed by atoms with Gasteiger partial charge in [-0.2, -0.15) is 4.31 Å². The van der Waals surface area contributed by atoms with E-state index < -0.39 is 27.7 Å². The van der Waals surface area contributed by atoms with E-state index in [0.717, 1.165) is 17.2 Å². The summed E-state index contributed by atoms with van der Waals surface area (Å²) in [5.74, 6) is -1.62. The lowest BCUT2D eigenvalue weighted by Crippen LogP contribution is -2.44. The first kappa shape index (κ1) is 25.1. The second-order valence-electron chi connectivity index (χ2n) is 8.52. The van der Waals surface area contributed by atoms with Crippen LogP contribution in [-0.2, 0) is 14.8 Å². The third kappa shape index (κ3) is 5.63. The molecule has 1 amide bonds. The number of sulfonamides is 1. The number of piperidine rings is 1. The van der Waals surface area contributed by atoms with E-state index in [1.807, 2.05) is 31.2 Å². The van der Waals surface area contributed by atoms with E-state index in [4.69, 9.17) is 16.1 Å². The Morgan fingerprint density at radius 1 is 1.20 bits per heavy atom. The van der Waals surface area contributed by atoms with Crippen molar-refractivity contribution in [3.63, 3.8) is 0 Å². The molecule has 7 nitrogen and oxygen atoms in total. The molecule has 184 valence electrons. The largest absolute Gasteiger partial charge is 0.355 e. The monoisotopic (exact) mass is 517 g/mol. The van der Waals surface area contributed by atoms with Crippen molar-refractivity contribution in [2.24, 2.45) is 5.92 Å². The second-order valence-corrected chi connectivity index (χ2v) is 10.8. The van der Waals surface area contributed by atoms with Gasteiger partial charge in [-0.25, -0.2) is 12.8 Å². The number of anilines is 1. The molecule has 1 aromatic heterocycles. The molecule has 1 atom stereocenters. The van der Waals surface area contributed by atoms with E-state index in [-0.39, 0.29) is 40.1 Å². The van der Waals surface area contributed by atoms with Crippen LogP contribution in [0.15, 0.2) is 51.9 Å². The van der Waals surface area contributed by atoms with Crippen LogP contribution in [-0.4, -0.2) is 36.9 Å². The number of benzene rings is 2. The van der Waals surface area contributed by atoms with E-state index in [1.165, 1.54) is 16.4 Å². The molecule has 35 heavy (non-hydrogen) atoms. The van der Waals surface area contributed by atoms with Gasteiger partial charge in [-0.3, -0.25) is 4.79 Å². The molecule has 0 spiro atoms. The highest BCUT2D eigenvalue weighted by Gasteiger charge is 2.37. The van der Waals surface area contributed by atoms with E-state index in [9.17, 15) is 17.6 Å². The molecule has 2 heterocycles. The molecule has 2 aromatic carbocycles. The van der Waals surface area contributed by atoms with Gasteiger partial charge in [0.05, 0.1) is 11.6 Å². The number of aryl methyl sites for hydroxylation is 2. The number of carbonyl (C=O) groups is 1. The Morgan fingerprint density at radius 3 is 2.66 bits per heavy atom. The maximum absolute atomic E-state index is 14.1. The zero-order chi connectivity index (χ0) is 25.2. The van der Waals surface area contributed by atoms with Gasteiger partial charge >= 0.3 is 0 Å². The number of amides is 1. The Hall–Kier alpha value is -3.01. The van der Waals surface area contributed by atoms with Gasteiger partial charge in [-0.15, -0.1) is 0 Å². The number of halogens is 2. The Balaban J connectivity index is 1.53. The van der Waals surface area contributed by atoms with E-state index in [0.29, 0.717) is 12.8 Å². The topological polar surface area (TPSA) is 92.5 Å². The van der Waals surface area contributed by atoms with Gasteiger partial charge in [0, 0.05) is 18.1 Å². The van der Waals surface area contributed by atoms with Crippen LogP contribution in [0.1, 0.15) is 35.4 Å². The number of nitrogens with one attached hydrogen (secondary N) is 1. The summed E-state index contributed by atoms with van der Waals surface area (Å²) in [5.41, 5.74) is 2.24. The minimum absolute atomic E-state index is 0.00205. The van der Waals surface area contributed by atoms with Gasteiger partial charge < -0.3 is 9.84 Å². The molecule has 3 aromatic rings. The standard InChI is InChI=1S/C25H25ClFN3O4S/c1-16-5-7-18(8-6-16)9-12-23-24(17(2)29-34-23)35(32,33)30-13-3-4-19(15-30)25(31)28-22-11-10-20(26)14-21(22)27/h5-12,14,19H,3-4,13,15H2,1-2H3,(H,28,31)/b12-9+/t19-/m1/s1. The predicted octanol–water partition coefficient (Wildman–Crippen LogP) is 5.29. The van der Waals surface area contributed by atoms with Gasteiger partial charge in [0.15, 0.2) is 10.7 Å². The third-order valence-corrected chi connectivity index (χ3v) is 8.14. The predicted molar refractivity (Wildman–Crippen MR) is 133 cm³/mol. The molecule has 4 rings (SSSR count). The van der Waals surface area contributed by atoms with E-state index >= 15 is 0 Å². The molecule has 0 radical (unpaired) electrons. The summed E-state index contributed by atoms with van der Waals surface area (Å²) in [7, 11) is -3.99. The molecule has 1 fully saturated rings. The molecule has 0 saturated carbocycles. The van der Waals surface area contributed by atoms with Crippen molar-refractivity contribution in [2.45, 2.75) is 31.6 Å². The Bertz CT molecular complexity index is 1370. The molecule has 1 aliphatic heterocycles. The summed E-state index contributed by atoms with van der Waals surface area (Å²) in [6.45, 7) is 3.77. The molecule has 1 aliphatic rings. The zero-order valence-electron chi connectivity index (χ0n) is 19.3. The van der Waals surface area contributed by atoms with Crippen LogP contribution in [0.5, 0.6) is 0 Å². The molecule has 0 unspecified atom stereocenters. The second kappa shape index (κ2) is 10.3. The number of carbonyl (C=O) groups excluding carboxylic acids is 1. The quantitative estimate of drug-likeness (QED) is 0.479. The van der Waals surface area contributed by atoms with Crippen LogP contribution in [0.25, 0.3) is 12.2 Å². The summed E-state index contributed by atoms with van der Waals surface area (Å²) in [6.07, 6.45) is 4.30. The van der Waals surface area contributed by atoms with Gasteiger partial charge in [0.25, 0.3) is 0 Å². The lowest BCUT2D eigenvalue weighted by molar-refractivity contribution is -0.120. The highest BCUT2D eigenvalue weighted by atomic mass is 35.5. The highest BCUT2D eigenvalue weighted by Crippen LogP contribution is 2.30. The smallest absolute Gasteiger partial charge is 0.248 e. The van der Waals surface area contributed by atoms with E-state index in [2.05, 4.69) is 10.5 Å². The molecule has 0 aliphatic carbocycles. The average Bonchev–Trinajstić information content (AvgIpc) is 3.21. The summed E-state index contributed by atoms with van der Waals surface area (Å²) in [4.78, 5) is 12.8. The van der Waals surface area contributed by atoms with Crippen molar-refractivity contribution in [3.05, 3.63) is 75.9 Å². The summed E-state index contributed by atoms with van der Waals surface area (Å²) in [6, 6.07) is 11.7. The fraction of sp³-hybridized carbons (Fsp3) is 0.280. The maximum atomic E-state index is 14.1. The van der Waals surface area contributed by atoms with E-state index in [1.54, 1.807) is 19.1 Å². The molecule has 0 bridgehead atoms. The minimum Gasteiger partial charge on any atom is -0.355 e. The van der Waals surface area contributed by atoms with Crippen molar-refractivity contribution < 1.29 is 22.1 Å². The first-order chi connectivity index (χ1) is 16.6. The lowest BCUT2D eigenvalue weighted by Gasteiger charge is -2.31. The molecule has 1 saturated heterocycles. The van der Waals surface area contributed by atoms with Crippen molar-refractivity contribution >= 4 is 45.4 Å².